The zero-order valence-electron chi connectivity index (χ0n) is 5.56. The molecule has 0 aromatic heterocycles. The van der Waals surface area contributed by atoms with Gasteiger partial charge in [-0.25, -0.2) is 0 Å². The normalized spacial score (nSPS) is 25.4. The molecule has 0 radical (unpaired) electrons. The molecule has 1 atom stereocenters. The third-order valence-corrected chi connectivity index (χ3v) is 0.955. The summed E-state index contributed by atoms with van der Waals surface area (Å²) in [6, 6.07) is 0. The Balaban J connectivity index is 0.000000138. The fraction of sp³-hybridized carbons (Fsp3) is 1.00. The highest BCUT2D eigenvalue weighted by molar-refractivity contribution is 4.71. The van der Waals surface area contributed by atoms with Gasteiger partial charge >= 0.3 is 0 Å². The summed E-state index contributed by atoms with van der Waals surface area (Å²) in [6.07, 6.45) is 0.232. The highest BCUT2D eigenvalue weighted by atomic mass is 16.6. The zero-order valence-corrected chi connectivity index (χ0v) is 5.56. The quantitative estimate of drug-likeness (QED) is 0.247. The minimum absolute atomic E-state index is 0.232. The number of ether oxygens (including phenoxy) is 2. The maximum absolute atomic E-state index is 7.75. The van der Waals surface area contributed by atoms with Gasteiger partial charge in [0.15, 0.2) is 0 Å². The van der Waals surface area contributed by atoms with E-state index in [1.54, 1.807) is 0 Å². The molecule has 0 N–H and O–H groups in total. The molecule has 0 spiro atoms. The van der Waals surface area contributed by atoms with E-state index in [9.17, 15) is 0 Å². The second-order valence-electron chi connectivity index (χ2n) is 1.98. The molecule has 0 bridgehead atoms. The second kappa shape index (κ2) is 4.11. The number of hydrogen-bond acceptors (Lipinski definition) is 3. The predicted octanol–water partition coefficient (Wildman–Crippen LogP) is 0.712. The van der Waals surface area contributed by atoms with Crippen LogP contribution in [0.5, 0.6) is 0 Å². The Hall–Kier alpha value is -0.770. The number of epoxide rings is 2. The summed E-state index contributed by atoms with van der Waals surface area (Å²) < 4.78 is 9.25. The van der Waals surface area contributed by atoms with E-state index in [2.05, 4.69) is 14.8 Å². The largest absolute Gasteiger partial charge is 0.377 e. The molecule has 0 amide bonds. The SMILES string of the molecule is C1CO1.[N-]=[N+]=NCC1CO1. The summed E-state index contributed by atoms with van der Waals surface area (Å²) in [7, 11) is 0. The van der Waals surface area contributed by atoms with Crippen molar-refractivity contribution in [1.82, 2.24) is 0 Å². The third kappa shape index (κ3) is 5.37. The van der Waals surface area contributed by atoms with Crippen LogP contribution in [0.1, 0.15) is 0 Å². The molecule has 56 valence electrons. The van der Waals surface area contributed by atoms with Gasteiger partial charge in [0.05, 0.1) is 32.5 Å². The summed E-state index contributed by atoms with van der Waals surface area (Å²) >= 11 is 0. The first kappa shape index (κ1) is 7.34. The van der Waals surface area contributed by atoms with E-state index < -0.39 is 0 Å². The highest BCUT2D eigenvalue weighted by Crippen LogP contribution is 2.07. The van der Waals surface area contributed by atoms with Gasteiger partial charge in [0, 0.05) is 4.91 Å². The van der Waals surface area contributed by atoms with Gasteiger partial charge in [0.1, 0.15) is 0 Å². The molecule has 5 heteroatoms. The Morgan fingerprint density at radius 1 is 1.60 bits per heavy atom. The lowest BCUT2D eigenvalue weighted by molar-refractivity contribution is 0.412. The standard InChI is InChI=1S/C3H5N3O.C2H4O/c4-6-5-1-3-2-7-3;1-2-3-1/h3H,1-2H2;1-2H2. The van der Waals surface area contributed by atoms with Gasteiger partial charge in [-0.3, -0.25) is 0 Å². The molecule has 1 unspecified atom stereocenters. The summed E-state index contributed by atoms with van der Waals surface area (Å²) in [4.78, 5) is 2.56. The summed E-state index contributed by atoms with van der Waals surface area (Å²) in [6.45, 7) is 3.26. The molecule has 0 aliphatic carbocycles. The lowest BCUT2D eigenvalue weighted by atomic mass is 10.5. The number of hydrogen-bond donors (Lipinski definition) is 0. The lowest BCUT2D eigenvalue weighted by Crippen LogP contribution is -1.86. The first-order valence-corrected chi connectivity index (χ1v) is 3.13. The Labute approximate surface area is 58.6 Å². The maximum atomic E-state index is 7.75. The molecular formula is C5H9N3O2. The van der Waals surface area contributed by atoms with Gasteiger partial charge in [-0.1, -0.05) is 5.11 Å². The molecule has 2 fully saturated rings. The van der Waals surface area contributed by atoms with Crippen LogP contribution < -0.4 is 0 Å². The van der Waals surface area contributed by atoms with Crippen molar-refractivity contribution in [2.24, 2.45) is 5.11 Å². The Morgan fingerprint density at radius 2 is 2.20 bits per heavy atom. The molecule has 0 aromatic rings. The van der Waals surface area contributed by atoms with Crippen LogP contribution in [0.2, 0.25) is 0 Å². The zero-order chi connectivity index (χ0) is 7.23. The van der Waals surface area contributed by atoms with Crippen LogP contribution in [-0.2, 0) is 9.47 Å². The molecule has 0 aromatic carbocycles. The van der Waals surface area contributed by atoms with Crippen molar-refractivity contribution >= 4 is 0 Å². The molecular weight excluding hydrogens is 134 g/mol. The number of rotatable bonds is 2. The summed E-state index contributed by atoms with van der Waals surface area (Å²) in [5.41, 5.74) is 7.75. The Bertz CT molecular complexity index is 135. The number of azide groups is 1. The second-order valence-corrected chi connectivity index (χ2v) is 1.98. The van der Waals surface area contributed by atoms with Crippen LogP contribution >= 0.6 is 0 Å². The minimum Gasteiger partial charge on any atom is -0.377 e. The van der Waals surface area contributed by atoms with Crippen LogP contribution in [0.4, 0.5) is 0 Å². The average molecular weight is 143 g/mol. The topological polar surface area (TPSA) is 73.8 Å². The molecule has 2 saturated heterocycles. The fourth-order valence-electron chi connectivity index (χ4n) is 0.301. The third-order valence-electron chi connectivity index (χ3n) is 0.955. The van der Waals surface area contributed by atoms with E-state index in [0.29, 0.717) is 6.54 Å². The van der Waals surface area contributed by atoms with E-state index >= 15 is 0 Å². The molecule has 10 heavy (non-hydrogen) atoms. The van der Waals surface area contributed by atoms with Gasteiger partial charge in [0.2, 0.25) is 0 Å². The van der Waals surface area contributed by atoms with Crippen LogP contribution in [0.15, 0.2) is 5.11 Å². The van der Waals surface area contributed by atoms with Crippen molar-refractivity contribution in [2.45, 2.75) is 6.10 Å². The van der Waals surface area contributed by atoms with Crippen molar-refractivity contribution in [3.05, 3.63) is 10.4 Å². The first-order chi connectivity index (χ1) is 4.93. The molecule has 2 rings (SSSR count). The van der Waals surface area contributed by atoms with Gasteiger partial charge in [-0.15, -0.1) is 0 Å². The van der Waals surface area contributed by atoms with Gasteiger partial charge in [0.25, 0.3) is 0 Å². The smallest absolute Gasteiger partial charge is 0.0866 e. The van der Waals surface area contributed by atoms with Crippen LogP contribution in [0.3, 0.4) is 0 Å². The van der Waals surface area contributed by atoms with Crippen molar-refractivity contribution in [1.29, 1.82) is 0 Å². The lowest BCUT2D eigenvalue weighted by Gasteiger charge is -1.72. The van der Waals surface area contributed by atoms with Crippen molar-refractivity contribution in [2.75, 3.05) is 26.4 Å². The first-order valence-electron chi connectivity index (χ1n) is 3.13. The van der Waals surface area contributed by atoms with E-state index in [0.717, 1.165) is 19.8 Å². The Kier molecular flexibility index (Phi) is 3.02. The predicted molar refractivity (Wildman–Crippen MR) is 34.6 cm³/mol. The van der Waals surface area contributed by atoms with E-state index in [-0.39, 0.29) is 6.10 Å². The molecule has 2 aliphatic rings. The fourth-order valence-corrected chi connectivity index (χ4v) is 0.301. The molecule has 2 aliphatic heterocycles. The van der Waals surface area contributed by atoms with Crippen molar-refractivity contribution < 1.29 is 9.47 Å². The van der Waals surface area contributed by atoms with Crippen molar-refractivity contribution in [3.8, 4) is 0 Å². The molecule has 5 nitrogen and oxygen atoms in total. The monoisotopic (exact) mass is 143 g/mol. The molecule has 2 heterocycles. The molecule has 0 saturated carbocycles. The Morgan fingerprint density at radius 3 is 2.50 bits per heavy atom. The van der Waals surface area contributed by atoms with Crippen LogP contribution in [0.25, 0.3) is 10.4 Å². The van der Waals surface area contributed by atoms with Crippen molar-refractivity contribution in [3.63, 3.8) is 0 Å². The van der Waals surface area contributed by atoms with E-state index in [4.69, 9.17) is 10.3 Å². The average Bonchev–Trinajstić information content (AvgIpc) is 2.74. The highest BCUT2D eigenvalue weighted by Gasteiger charge is 2.20. The van der Waals surface area contributed by atoms with Crippen LogP contribution in [-0.4, -0.2) is 32.5 Å². The summed E-state index contributed by atoms with van der Waals surface area (Å²) in [5, 5.41) is 3.29. The number of nitrogens with zero attached hydrogens (tertiary/aromatic N) is 3. The van der Waals surface area contributed by atoms with Gasteiger partial charge in [-0.05, 0) is 5.53 Å². The van der Waals surface area contributed by atoms with E-state index in [1.165, 1.54) is 0 Å². The van der Waals surface area contributed by atoms with Gasteiger partial charge in [-0.2, -0.15) is 0 Å². The van der Waals surface area contributed by atoms with E-state index in [1.807, 2.05) is 0 Å². The summed E-state index contributed by atoms with van der Waals surface area (Å²) in [5.74, 6) is 0. The van der Waals surface area contributed by atoms with Gasteiger partial charge < -0.3 is 9.47 Å². The minimum atomic E-state index is 0.232. The van der Waals surface area contributed by atoms with Crippen LogP contribution in [0, 0.1) is 0 Å². The maximum Gasteiger partial charge on any atom is 0.0866 e.